The number of hydrogen-bond acceptors (Lipinski definition) is 7. The first-order chi connectivity index (χ1) is 11.4. The summed E-state index contributed by atoms with van der Waals surface area (Å²) in [7, 11) is 0. The molecule has 3 aliphatic rings. The molecule has 0 aliphatic carbocycles. The topological polar surface area (TPSA) is 79.0 Å². The van der Waals surface area contributed by atoms with E-state index in [0.717, 1.165) is 28.2 Å². The van der Waals surface area contributed by atoms with Gasteiger partial charge in [-0.25, -0.2) is 24.9 Å². The van der Waals surface area contributed by atoms with Crippen LogP contribution in [0.2, 0.25) is 0 Å². The largest absolute Gasteiger partial charge is 0.472 e. The van der Waals surface area contributed by atoms with Gasteiger partial charge in [-0.05, 0) is 24.3 Å². The maximum Gasteiger partial charge on any atom is 0.239 e. The second-order valence-electron chi connectivity index (χ2n) is 5.04. The van der Waals surface area contributed by atoms with Crippen molar-refractivity contribution in [3.05, 3.63) is 66.2 Å². The van der Waals surface area contributed by atoms with Crippen LogP contribution in [0.3, 0.4) is 0 Å². The van der Waals surface area contributed by atoms with Crippen molar-refractivity contribution in [2.24, 2.45) is 20.0 Å². The van der Waals surface area contributed by atoms with E-state index in [1.54, 1.807) is 25.1 Å². The Morgan fingerprint density at radius 2 is 1.70 bits per heavy atom. The van der Waals surface area contributed by atoms with E-state index in [0.29, 0.717) is 11.9 Å². The quantitative estimate of drug-likeness (QED) is 0.855. The molecule has 0 spiro atoms. The van der Waals surface area contributed by atoms with E-state index in [1.165, 1.54) is 6.34 Å². The van der Waals surface area contributed by atoms with Crippen LogP contribution in [0, 0.1) is 0 Å². The van der Waals surface area contributed by atoms with Crippen LogP contribution >= 0.6 is 0 Å². The van der Waals surface area contributed by atoms with E-state index in [2.05, 4.69) is 20.0 Å². The zero-order valence-electron chi connectivity index (χ0n) is 11.7. The Bertz CT molecular complexity index is 922. The fourth-order valence-corrected chi connectivity index (χ4v) is 2.57. The summed E-state index contributed by atoms with van der Waals surface area (Å²) >= 11 is 0. The Hall–Kier alpha value is -3.48. The zero-order valence-corrected chi connectivity index (χ0v) is 11.7. The Morgan fingerprint density at radius 3 is 2.48 bits per heavy atom. The molecule has 0 unspecified atom stereocenters. The van der Waals surface area contributed by atoms with E-state index in [9.17, 15) is 0 Å². The van der Waals surface area contributed by atoms with Gasteiger partial charge >= 0.3 is 0 Å². The highest BCUT2D eigenvalue weighted by Crippen LogP contribution is 2.30. The summed E-state index contributed by atoms with van der Waals surface area (Å²) in [5, 5.41) is 0. The molecule has 7 nitrogen and oxygen atoms in total. The summed E-state index contributed by atoms with van der Waals surface area (Å²) in [5.41, 5.74) is 4.24. The maximum absolute atomic E-state index is 5.15. The molecule has 0 N–H and O–H groups in total. The number of hydrogen-bond donors (Lipinski definition) is 0. The average molecular weight is 303 g/mol. The molecule has 0 atom stereocenters. The van der Waals surface area contributed by atoms with Gasteiger partial charge in [-0.1, -0.05) is 0 Å². The molecular weight excluding hydrogens is 294 g/mol. The molecule has 0 radical (unpaired) electrons. The van der Waals surface area contributed by atoms with Gasteiger partial charge in [0.05, 0.1) is 42.2 Å². The predicted octanol–water partition coefficient (Wildman–Crippen LogP) is 2.67. The first kappa shape index (κ1) is 12.1. The van der Waals surface area contributed by atoms with E-state index in [4.69, 9.17) is 8.83 Å². The number of guanidine groups is 2. The van der Waals surface area contributed by atoms with Crippen molar-refractivity contribution >= 4 is 29.7 Å². The van der Waals surface area contributed by atoms with E-state index in [-0.39, 0.29) is 0 Å². The first-order valence-corrected chi connectivity index (χ1v) is 6.95. The van der Waals surface area contributed by atoms with Crippen molar-refractivity contribution in [1.29, 1.82) is 0 Å². The lowest BCUT2D eigenvalue weighted by atomic mass is 10.1. The second kappa shape index (κ2) is 4.51. The van der Waals surface area contributed by atoms with E-state index < -0.39 is 0 Å². The summed E-state index contributed by atoms with van der Waals surface area (Å²) in [6.45, 7) is 0. The van der Waals surface area contributed by atoms with Gasteiger partial charge < -0.3 is 8.83 Å². The van der Waals surface area contributed by atoms with Gasteiger partial charge in [-0.15, -0.1) is 0 Å². The van der Waals surface area contributed by atoms with Crippen molar-refractivity contribution in [3.8, 4) is 0 Å². The SMILES string of the molecule is C1=NC2=NC(c3ccoc3)=CC3=CC(c4ccoc4)=NC(=N1)N32. The van der Waals surface area contributed by atoms with Crippen LogP contribution in [0.15, 0.2) is 83.8 Å². The number of nitrogens with zero attached hydrogens (tertiary/aromatic N) is 5. The molecule has 5 heterocycles. The van der Waals surface area contributed by atoms with Crippen LogP contribution in [0.1, 0.15) is 11.1 Å². The summed E-state index contributed by atoms with van der Waals surface area (Å²) in [6.07, 6.45) is 11.9. The van der Waals surface area contributed by atoms with Gasteiger partial charge in [-0.3, -0.25) is 0 Å². The standard InChI is InChI=1S/C16H9N5O2/c1-3-22-7-10(1)13-5-12-6-14(11-2-4-23-8-11)20-16-18-9-17-15(19-13)21(12)16/h1-9H. The molecule has 0 saturated heterocycles. The molecule has 110 valence electrons. The highest BCUT2D eigenvalue weighted by molar-refractivity contribution is 6.22. The minimum atomic E-state index is 0.537. The number of furan rings is 2. The van der Waals surface area contributed by atoms with Crippen molar-refractivity contribution in [1.82, 2.24) is 4.90 Å². The van der Waals surface area contributed by atoms with Crippen LogP contribution in [-0.2, 0) is 0 Å². The molecular formula is C16H9N5O2. The number of aliphatic imine (C=N–C) groups is 4. The maximum atomic E-state index is 5.15. The third-order valence-corrected chi connectivity index (χ3v) is 3.65. The lowest BCUT2D eigenvalue weighted by molar-refractivity contribution is 0.566. The fourth-order valence-electron chi connectivity index (χ4n) is 2.57. The summed E-state index contributed by atoms with van der Waals surface area (Å²) in [5.74, 6) is 1.07. The molecule has 0 fully saturated rings. The molecule has 7 heteroatoms. The Balaban J connectivity index is 1.68. The zero-order chi connectivity index (χ0) is 15.2. The smallest absolute Gasteiger partial charge is 0.239 e. The summed E-state index contributed by atoms with van der Waals surface area (Å²) in [4.78, 5) is 19.4. The molecule has 2 aromatic rings. The molecule has 0 saturated carbocycles. The van der Waals surface area contributed by atoms with Crippen molar-refractivity contribution in [2.75, 3.05) is 0 Å². The van der Waals surface area contributed by atoms with Gasteiger partial charge in [0.1, 0.15) is 6.34 Å². The molecule has 5 rings (SSSR count). The number of rotatable bonds is 2. The van der Waals surface area contributed by atoms with Gasteiger partial charge in [0.25, 0.3) is 0 Å². The highest BCUT2D eigenvalue weighted by atomic mass is 16.3. The Labute approximate surface area is 130 Å². The molecule has 23 heavy (non-hydrogen) atoms. The fraction of sp³-hybridized carbons (Fsp3) is 0. The molecule has 0 aromatic carbocycles. The Morgan fingerprint density at radius 1 is 0.870 bits per heavy atom. The third kappa shape index (κ3) is 1.83. The van der Waals surface area contributed by atoms with Crippen LogP contribution in [0.4, 0.5) is 0 Å². The van der Waals surface area contributed by atoms with Gasteiger partial charge in [0, 0.05) is 11.1 Å². The number of allylic oxidation sites excluding steroid dienone is 2. The van der Waals surface area contributed by atoms with Crippen molar-refractivity contribution in [3.63, 3.8) is 0 Å². The second-order valence-corrected chi connectivity index (χ2v) is 5.04. The predicted molar refractivity (Wildman–Crippen MR) is 85.2 cm³/mol. The van der Waals surface area contributed by atoms with Gasteiger partial charge in [-0.2, -0.15) is 0 Å². The molecule has 2 aromatic heterocycles. The van der Waals surface area contributed by atoms with E-state index in [1.807, 2.05) is 29.2 Å². The van der Waals surface area contributed by atoms with Crippen LogP contribution < -0.4 is 0 Å². The molecule has 0 amide bonds. The monoisotopic (exact) mass is 303 g/mol. The van der Waals surface area contributed by atoms with Crippen LogP contribution in [-0.4, -0.2) is 28.9 Å². The third-order valence-electron chi connectivity index (χ3n) is 3.65. The van der Waals surface area contributed by atoms with E-state index >= 15 is 0 Å². The van der Waals surface area contributed by atoms with Crippen molar-refractivity contribution in [2.45, 2.75) is 0 Å². The van der Waals surface area contributed by atoms with Gasteiger partial charge in [0.15, 0.2) is 0 Å². The van der Waals surface area contributed by atoms with Crippen LogP contribution in [0.25, 0.3) is 5.70 Å². The molecule has 0 bridgehead atoms. The minimum Gasteiger partial charge on any atom is -0.472 e. The molecule has 3 aliphatic heterocycles. The lowest BCUT2D eigenvalue weighted by Crippen LogP contribution is -2.40. The normalized spacial score (nSPS) is 18.6. The lowest BCUT2D eigenvalue weighted by Gasteiger charge is -2.31. The van der Waals surface area contributed by atoms with Crippen LogP contribution in [0.5, 0.6) is 0 Å². The van der Waals surface area contributed by atoms with Crippen molar-refractivity contribution < 1.29 is 8.83 Å². The average Bonchev–Trinajstić information content (AvgIpc) is 3.28. The summed E-state index contributed by atoms with van der Waals surface area (Å²) < 4.78 is 10.3. The highest BCUT2D eigenvalue weighted by Gasteiger charge is 2.31. The first-order valence-electron chi connectivity index (χ1n) is 6.95. The minimum absolute atomic E-state index is 0.537. The Kier molecular flexibility index (Phi) is 2.37. The summed E-state index contributed by atoms with van der Waals surface area (Å²) in [6, 6.07) is 3.73. The van der Waals surface area contributed by atoms with Gasteiger partial charge in [0.2, 0.25) is 11.9 Å².